The summed E-state index contributed by atoms with van der Waals surface area (Å²) in [6, 6.07) is -0.310. The molecule has 1 heterocycles. The van der Waals surface area contributed by atoms with Gasteiger partial charge in [0.05, 0.1) is 5.41 Å². The molecule has 1 rings (SSSR count). The van der Waals surface area contributed by atoms with E-state index in [1.54, 1.807) is 6.92 Å². The SMILES string of the molecule is CC(C)CN(CC(N)=O)C(=O)N1CCCC(C)(C(=O)O)C1. The third-order valence-corrected chi connectivity index (χ3v) is 3.69. The molecule has 7 heteroatoms. The fourth-order valence-corrected chi connectivity index (χ4v) is 2.62. The van der Waals surface area contributed by atoms with Gasteiger partial charge in [0.25, 0.3) is 0 Å². The smallest absolute Gasteiger partial charge is 0.320 e. The number of rotatable bonds is 5. The van der Waals surface area contributed by atoms with Crippen molar-refractivity contribution in [1.82, 2.24) is 9.80 Å². The minimum atomic E-state index is -0.926. The quantitative estimate of drug-likeness (QED) is 0.781. The van der Waals surface area contributed by atoms with Crippen molar-refractivity contribution in [1.29, 1.82) is 0 Å². The van der Waals surface area contributed by atoms with Crippen LogP contribution < -0.4 is 5.73 Å². The average molecular weight is 299 g/mol. The van der Waals surface area contributed by atoms with Crippen molar-refractivity contribution < 1.29 is 19.5 Å². The molecule has 0 saturated carbocycles. The van der Waals surface area contributed by atoms with Crippen LogP contribution in [0.1, 0.15) is 33.6 Å². The maximum absolute atomic E-state index is 12.5. The van der Waals surface area contributed by atoms with E-state index in [0.717, 1.165) is 0 Å². The number of likely N-dealkylation sites (tertiary alicyclic amines) is 1. The van der Waals surface area contributed by atoms with Crippen molar-refractivity contribution >= 4 is 17.9 Å². The molecule has 1 fully saturated rings. The predicted octanol–water partition coefficient (Wildman–Crippen LogP) is 0.736. The van der Waals surface area contributed by atoms with Crippen molar-refractivity contribution in [2.24, 2.45) is 17.1 Å². The number of nitrogens with two attached hydrogens (primary N) is 1. The lowest BCUT2D eigenvalue weighted by atomic mass is 9.82. The monoisotopic (exact) mass is 299 g/mol. The minimum Gasteiger partial charge on any atom is -0.481 e. The third-order valence-electron chi connectivity index (χ3n) is 3.69. The summed E-state index contributed by atoms with van der Waals surface area (Å²) in [5.74, 6) is -1.27. The van der Waals surface area contributed by atoms with Gasteiger partial charge in [-0.25, -0.2) is 4.79 Å². The summed E-state index contributed by atoms with van der Waals surface area (Å²) >= 11 is 0. The van der Waals surface area contributed by atoms with Gasteiger partial charge in [-0.3, -0.25) is 9.59 Å². The van der Waals surface area contributed by atoms with Crippen LogP contribution in [-0.4, -0.2) is 59.0 Å². The number of primary amides is 1. The van der Waals surface area contributed by atoms with Crippen LogP contribution in [0.5, 0.6) is 0 Å². The van der Waals surface area contributed by atoms with Gasteiger partial charge in [0, 0.05) is 19.6 Å². The molecule has 1 atom stereocenters. The van der Waals surface area contributed by atoms with E-state index >= 15 is 0 Å². The van der Waals surface area contributed by atoms with Gasteiger partial charge in [-0.2, -0.15) is 0 Å². The van der Waals surface area contributed by atoms with Gasteiger partial charge in [0.15, 0.2) is 0 Å². The fraction of sp³-hybridized carbons (Fsp3) is 0.786. The van der Waals surface area contributed by atoms with Crippen LogP contribution in [-0.2, 0) is 9.59 Å². The first kappa shape index (κ1) is 17.3. The standard InChI is InChI=1S/C14H25N3O4/c1-10(2)7-17(8-11(15)18)13(21)16-6-4-5-14(3,9-16)12(19)20/h10H,4-9H2,1-3H3,(H2,15,18)(H,19,20). The summed E-state index contributed by atoms with van der Waals surface area (Å²) in [7, 11) is 0. The van der Waals surface area contributed by atoms with E-state index in [-0.39, 0.29) is 25.0 Å². The molecule has 1 aliphatic rings. The number of carboxylic acid groups (broad SMARTS) is 1. The molecule has 0 aliphatic carbocycles. The molecular weight excluding hydrogens is 274 g/mol. The van der Waals surface area contributed by atoms with Gasteiger partial charge in [0.2, 0.25) is 5.91 Å². The van der Waals surface area contributed by atoms with Crippen molar-refractivity contribution in [3.05, 3.63) is 0 Å². The Morgan fingerprint density at radius 3 is 2.48 bits per heavy atom. The molecule has 1 aliphatic heterocycles. The second-order valence-corrected chi connectivity index (χ2v) is 6.41. The highest BCUT2D eigenvalue weighted by Crippen LogP contribution is 2.30. The zero-order chi connectivity index (χ0) is 16.2. The van der Waals surface area contributed by atoms with E-state index < -0.39 is 17.3 Å². The van der Waals surface area contributed by atoms with Crippen molar-refractivity contribution in [3.8, 4) is 0 Å². The molecule has 0 aromatic heterocycles. The minimum absolute atomic E-state index is 0.142. The van der Waals surface area contributed by atoms with Gasteiger partial charge in [-0.15, -0.1) is 0 Å². The van der Waals surface area contributed by atoms with Crippen LogP contribution in [0.2, 0.25) is 0 Å². The molecule has 1 saturated heterocycles. The zero-order valence-electron chi connectivity index (χ0n) is 13.0. The normalized spacial score (nSPS) is 22.2. The zero-order valence-corrected chi connectivity index (χ0v) is 13.0. The predicted molar refractivity (Wildman–Crippen MR) is 77.6 cm³/mol. The second kappa shape index (κ2) is 6.78. The summed E-state index contributed by atoms with van der Waals surface area (Å²) in [5, 5.41) is 9.30. The number of piperidine rings is 1. The van der Waals surface area contributed by atoms with Crippen molar-refractivity contribution in [2.75, 3.05) is 26.2 Å². The Labute approximate surface area is 125 Å². The van der Waals surface area contributed by atoms with Crippen LogP contribution in [0.3, 0.4) is 0 Å². The van der Waals surface area contributed by atoms with Crippen LogP contribution in [0.15, 0.2) is 0 Å². The third kappa shape index (κ3) is 4.61. The summed E-state index contributed by atoms with van der Waals surface area (Å²) in [6.07, 6.45) is 1.19. The van der Waals surface area contributed by atoms with E-state index in [9.17, 15) is 19.5 Å². The van der Waals surface area contributed by atoms with Gasteiger partial charge >= 0.3 is 12.0 Å². The van der Waals surface area contributed by atoms with Gasteiger partial charge < -0.3 is 20.6 Å². The lowest BCUT2D eigenvalue weighted by Gasteiger charge is -2.40. The number of urea groups is 1. The van der Waals surface area contributed by atoms with E-state index in [4.69, 9.17) is 5.73 Å². The number of aliphatic carboxylic acids is 1. The summed E-state index contributed by atoms with van der Waals surface area (Å²) in [5.41, 5.74) is 4.27. The molecular formula is C14H25N3O4. The number of carboxylic acids is 1. The Bertz CT molecular complexity index is 424. The van der Waals surface area contributed by atoms with E-state index in [1.165, 1.54) is 9.80 Å². The van der Waals surface area contributed by atoms with E-state index in [1.807, 2.05) is 13.8 Å². The van der Waals surface area contributed by atoms with Crippen LogP contribution in [0.25, 0.3) is 0 Å². The second-order valence-electron chi connectivity index (χ2n) is 6.41. The molecule has 0 bridgehead atoms. The molecule has 0 radical (unpaired) electrons. The molecule has 1 unspecified atom stereocenters. The van der Waals surface area contributed by atoms with E-state index in [0.29, 0.717) is 25.9 Å². The van der Waals surface area contributed by atoms with Gasteiger partial charge in [-0.1, -0.05) is 13.8 Å². The summed E-state index contributed by atoms with van der Waals surface area (Å²) in [4.78, 5) is 37.9. The molecule has 7 nitrogen and oxygen atoms in total. The van der Waals surface area contributed by atoms with Crippen molar-refractivity contribution in [3.63, 3.8) is 0 Å². The molecule has 3 amide bonds. The molecule has 3 N–H and O–H groups in total. The molecule has 0 spiro atoms. The first-order valence-corrected chi connectivity index (χ1v) is 7.21. The van der Waals surface area contributed by atoms with Crippen LogP contribution in [0.4, 0.5) is 4.79 Å². The number of carbonyl (C=O) groups is 3. The number of carbonyl (C=O) groups excluding carboxylic acids is 2. The number of amides is 3. The summed E-state index contributed by atoms with van der Waals surface area (Å²) in [6.45, 7) is 6.48. The lowest BCUT2D eigenvalue weighted by Crippen LogP contribution is -2.54. The topological polar surface area (TPSA) is 104 Å². The highest BCUT2D eigenvalue weighted by Gasteiger charge is 2.40. The van der Waals surface area contributed by atoms with Gasteiger partial charge in [0.1, 0.15) is 6.54 Å². The fourth-order valence-electron chi connectivity index (χ4n) is 2.62. The van der Waals surface area contributed by atoms with Crippen molar-refractivity contribution in [2.45, 2.75) is 33.6 Å². The molecule has 120 valence electrons. The van der Waals surface area contributed by atoms with Gasteiger partial charge in [-0.05, 0) is 25.7 Å². The first-order chi connectivity index (χ1) is 9.65. The maximum Gasteiger partial charge on any atom is 0.320 e. The summed E-state index contributed by atoms with van der Waals surface area (Å²) < 4.78 is 0. The highest BCUT2D eigenvalue weighted by atomic mass is 16.4. The average Bonchev–Trinajstić information content (AvgIpc) is 2.36. The van der Waals surface area contributed by atoms with Crippen LogP contribution >= 0.6 is 0 Å². The van der Waals surface area contributed by atoms with E-state index in [2.05, 4.69) is 0 Å². The molecule has 21 heavy (non-hydrogen) atoms. The Hall–Kier alpha value is -1.79. The highest BCUT2D eigenvalue weighted by molar-refractivity contribution is 5.83. The number of nitrogens with zero attached hydrogens (tertiary/aromatic N) is 2. The number of hydrogen-bond donors (Lipinski definition) is 2. The Kier molecular flexibility index (Phi) is 5.57. The lowest BCUT2D eigenvalue weighted by molar-refractivity contribution is -0.150. The largest absolute Gasteiger partial charge is 0.481 e. The Balaban J connectivity index is 2.82. The maximum atomic E-state index is 12.5. The number of hydrogen-bond acceptors (Lipinski definition) is 3. The first-order valence-electron chi connectivity index (χ1n) is 7.21. The Morgan fingerprint density at radius 2 is 2.00 bits per heavy atom. The molecule has 0 aromatic carbocycles. The Morgan fingerprint density at radius 1 is 1.38 bits per heavy atom. The molecule has 0 aromatic rings. The van der Waals surface area contributed by atoms with Crippen LogP contribution in [0, 0.1) is 11.3 Å².